The van der Waals surface area contributed by atoms with Gasteiger partial charge in [0.2, 0.25) is 0 Å². The van der Waals surface area contributed by atoms with Gasteiger partial charge in [-0.05, 0) is 47.4 Å². The predicted octanol–water partition coefficient (Wildman–Crippen LogP) is 3.73. The third kappa shape index (κ3) is 4.81. The van der Waals surface area contributed by atoms with Crippen molar-refractivity contribution in [1.29, 1.82) is 0 Å². The third-order valence-corrected chi connectivity index (χ3v) is 6.23. The van der Waals surface area contributed by atoms with Crippen molar-refractivity contribution in [2.75, 3.05) is 32.7 Å². The van der Waals surface area contributed by atoms with Gasteiger partial charge in [-0.1, -0.05) is 31.2 Å². The van der Waals surface area contributed by atoms with Gasteiger partial charge in [0.05, 0.1) is 10.0 Å². The second-order valence-electron chi connectivity index (χ2n) is 7.07. The molecule has 1 aliphatic heterocycles. The zero-order valence-electron chi connectivity index (χ0n) is 16.3. The second kappa shape index (κ2) is 9.04. The van der Waals surface area contributed by atoms with Crippen LogP contribution in [0.25, 0.3) is 0 Å². The summed E-state index contributed by atoms with van der Waals surface area (Å²) in [5, 5.41) is 3.05. The van der Waals surface area contributed by atoms with Crippen molar-refractivity contribution in [3.63, 3.8) is 0 Å². The summed E-state index contributed by atoms with van der Waals surface area (Å²) in [4.78, 5) is 17.6. The molecule has 0 aliphatic carbocycles. The van der Waals surface area contributed by atoms with Gasteiger partial charge in [0.25, 0.3) is 5.91 Å². The van der Waals surface area contributed by atoms with Gasteiger partial charge in [-0.2, -0.15) is 0 Å². The largest absolute Gasteiger partial charge is 0.465 e. The monoisotopic (exact) mass is 433 g/mol. The Morgan fingerprint density at radius 3 is 2.30 bits per heavy atom. The molecule has 27 heavy (non-hydrogen) atoms. The van der Waals surface area contributed by atoms with E-state index >= 15 is 0 Å². The fourth-order valence-electron chi connectivity index (χ4n) is 3.57. The molecular formula is C21H28BrN3O2. The maximum absolute atomic E-state index is 12.6. The van der Waals surface area contributed by atoms with E-state index in [-0.39, 0.29) is 5.91 Å². The summed E-state index contributed by atoms with van der Waals surface area (Å²) in [5.41, 5.74) is 3.03. The van der Waals surface area contributed by atoms with Crippen LogP contribution in [0.4, 0.5) is 0 Å². The number of nitrogens with zero attached hydrogens (tertiary/aromatic N) is 2. The van der Waals surface area contributed by atoms with Crippen LogP contribution < -0.4 is 5.32 Å². The first-order chi connectivity index (χ1) is 13.0. The van der Waals surface area contributed by atoms with Crippen LogP contribution in [-0.2, 0) is 13.1 Å². The average Bonchev–Trinajstić information content (AvgIpc) is 2.93. The highest BCUT2D eigenvalue weighted by atomic mass is 79.9. The Hall–Kier alpha value is -1.63. The van der Waals surface area contributed by atoms with E-state index < -0.39 is 0 Å². The summed E-state index contributed by atoms with van der Waals surface area (Å²) < 4.78 is 6.28. The van der Waals surface area contributed by atoms with E-state index in [1.807, 2.05) is 19.9 Å². The Labute approximate surface area is 169 Å². The summed E-state index contributed by atoms with van der Waals surface area (Å²) in [6.07, 6.45) is 0. The summed E-state index contributed by atoms with van der Waals surface area (Å²) in [6, 6.07) is 8.36. The number of benzene rings is 1. The Balaban J connectivity index is 1.63. The van der Waals surface area contributed by atoms with Gasteiger partial charge in [0, 0.05) is 39.3 Å². The number of amides is 1. The van der Waals surface area contributed by atoms with E-state index in [4.69, 9.17) is 4.42 Å². The number of aryl methyl sites for hydroxylation is 2. The molecule has 0 spiro atoms. The highest BCUT2D eigenvalue weighted by Crippen LogP contribution is 2.27. The molecule has 1 amide bonds. The third-order valence-electron chi connectivity index (χ3n) is 5.28. The Kier molecular flexibility index (Phi) is 6.73. The highest BCUT2D eigenvalue weighted by Gasteiger charge is 2.20. The molecule has 1 aromatic carbocycles. The molecule has 0 radical (unpaired) electrons. The first-order valence-corrected chi connectivity index (χ1v) is 10.3. The summed E-state index contributed by atoms with van der Waals surface area (Å²) >= 11 is 3.45. The van der Waals surface area contributed by atoms with Crippen LogP contribution in [0.2, 0.25) is 0 Å². The molecule has 1 fully saturated rings. The van der Waals surface area contributed by atoms with Crippen LogP contribution in [0.15, 0.2) is 33.2 Å². The van der Waals surface area contributed by atoms with Gasteiger partial charge < -0.3 is 14.6 Å². The Morgan fingerprint density at radius 1 is 1.07 bits per heavy atom. The number of halogens is 1. The van der Waals surface area contributed by atoms with Crippen molar-refractivity contribution in [2.45, 2.75) is 33.9 Å². The number of hydrogen-bond donors (Lipinski definition) is 1. The van der Waals surface area contributed by atoms with Crippen LogP contribution in [0, 0.1) is 13.8 Å². The lowest BCUT2D eigenvalue weighted by atomic mass is 10.1. The molecule has 1 N–H and O–H groups in total. The van der Waals surface area contributed by atoms with E-state index in [1.165, 1.54) is 5.56 Å². The number of carbonyl (C=O) groups excluding carboxylic acids is 1. The van der Waals surface area contributed by atoms with Gasteiger partial charge >= 0.3 is 0 Å². The quantitative estimate of drug-likeness (QED) is 0.753. The van der Waals surface area contributed by atoms with Crippen LogP contribution in [0.3, 0.4) is 0 Å². The summed E-state index contributed by atoms with van der Waals surface area (Å²) in [5.74, 6) is 1.26. The zero-order valence-corrected chi connectivity index (χ0v) is 17.9. The van der Waals surface area contributed by atoms with Gasteiger partial charge in [0.1, 0.15) is 11.5 Å². The fourth-order valence-corrected chi connectivity index (χ4v) is 4.11. The summed E-state index contributed by atoms with van der Waals surface area (Å²) in [7, 11) is 0. The van der Waals surface area contributed by atoms with Crippen LogP contribution in [0.1, 0.15) is 39.9 Å². The van der Waals surface area contributed by atoms with Crippen LogP contribution in [0.5, 0.6) is 0 Å². The molecule has 6 heteroatoms. The molecule has 3 rings (SSSR count). The molecule has 2 aromatic rings. The topological polar surface area (TPSA) is 48.7 Å². The lowest BCUT2D eigenvalue weighted by Crippen LogP contribution is -2.45. The van der Waals surface area contributed by atoms with Crippen molar-refractivity contribution < 1.29 is 9.21 Å². The molecule has 0 atom stereocenters. The molecule has 1 aromatic heterocycles. The molecule has 1 saturated heterocycles. The summed E-state index contributed by atoms with van der Waals surface area (Å²) in [6.45, 7) is 12.9. The molecule has 2 heterocycles. The van der Waals surface area contributed by atoms with Gasteiger partial charge in [0.15, 0.2) is 0 Å². The van der Waals surface area contributed by atoms with Gasteiger partial charge in [-0.25, -0.2) is 0 Å². The standard InChI is InChI=1S/C21H28BrN3O2/c1-4-24-9-11-25(12-10-24)14-18-8-6-5-7-17(18)13-23-21(26)19-15(2)27-16(3)20(19)22/h5-8H,4,9-14H2,1-3H3,(H,23,26). The molecule has 0 bridgehead atoms. The lowest BCUT2D eigenvalue weighted by Gasteiger charge is -2.34. The minimum Gasteiger partial charge on any atom is -0.465 e. The first kappa shape index (κ1) is 20.1. The lowest BCUT2D eigenvalue weighted by molar-refractivity contribution is 0.0948. The van der Waals surface area contributed by atoms with E-state index in [1.54, 1.807) is 0 Å². The molecule has 5 nitrogen and oxygen atoms in total. The van der Waals surface area contributed by atoms with Crippen LogP contribution in [-0.4, -0.2) is 48.4 Å². The minimum atomic E-state index is -0.109. The van der Waals surface area contributed by atoms with E-state index in [0.717, 1.165) is 55.1 Å². The number of hydrogen-bond acceptors (Lipinski definition) is 4. The number of rotatable bonds is 6. The van der Waals surface area contributed by atoms with Crippen molar-refractivity contribution >= 4 is 21.8 Å². The second-order valence-corrected chi connectivity index (χ2v) is 7.86. The van der Waals surface area contributed by atoms with Crippen molar-refractivity contribution in [3.05, 3.63) is 56.9 Å². The number of carbonyl (C=O) groups is 1. The SMILES string of the molecule is CCN1CCN(Cc2ccccc2CNC(=O)c2c(C)oc(C)c2Br)CC1. The molecular weight excluding hydrogens is 406 g/mol. The first-order valence-electron chi connectivity index (χ1n) is 9.54. The van der Waals surface area contributed by atoms with Crippen molar-refractivity contribution in [1.82, 2.24) is 15.1 Å². The minimum absolute atomic E-state index is 0.109. The zero-order chi connectivity index (χ0) is 19.4. The Morgan fingerprint density at radius 2 is 1.70 bits per heavy atom. The van der Waals surface area contributed by atoms with Crippen molar-refractivity contribution in [2.24, 2.45) is 0 Å². The normalized spacial score (nSPS) is 15.9. The van der Waals surface area contributed by atoms with E-state index in [2.05, 4.69) is 56.2 Å². The number of piperazine rings is 1. The molecule has 0 unspecified atom stereocenters. The maximum Gasteiger partial charge on any atom is 0.256 e. The smallest absolute Gasteiger partial charge is 0.256 e. The Bertz CT molecular complexity index is 795. The average molecular weight is 434 g/mol. The molecule has 146 valence electrons. The maximum atomic E-state index is 12.6. The molecule has 0 saturated carbocycles. The predicted molar refractivity (Wildman–Crippen MR) is 111 cm³/mol. The fraction of sp³-hybridized carbons (Fsp3) is 0.476. The van der Waals surface area contributed by atoms with Gasteiger partial charge in [-0.3, -0.25) is 9.69 Å². The number of furan rings is 1. The van der Waals surface area contributed by atoms with Crippen LogP contribution >= 0.6 is 15.9 Å². The molecule has 1 aliphatic rings. The number of likely N-dealkylation sites (N-methyl/N-ethyl adjacent to an activating group) is 1. The van der Waals surface area contributed by atoms with E-state index in [9.17, 15) is 4.79 Å². The highest BCUT2D eigenvalue weighted by molar-refractivity contribution is 9.10. The van der Waals surface area contributed by atoms with E-state index in [0.29, 0.717) is 17.9 Å². The number of nitrogens with one attached hydrogen (secondary N) is 1. The van der Waals surface area contributed by atoms with Gasteiger partial charge in [-0.15, -0.1) is 0 Å². The van der Waals surface area contributed by atoms with Crippen molar-refractivity contribution in [3.8, 4) is 0 Å².